The van der Waals surface area contributed by atoms with Crippen LogP contribution in [-0.4, -0.2) is 31.1 Å². The summed E-state index contributed by atoms with van der Waals surface area (Å²) in [5, 5.41) is 7.17. The number of aromatic amines is 1. The van der Waals surface area contributed by atoms with Gasteiger partial charge in [0.25, 0.3) is 0 Å². The van der Waals surface area contributed by atoms with E-state index in [1.807, 2.05) is 6.20 Å². The number of aliphatic imine (C=N–C) groups is 1. The van der Waals surface area contributed by atoms with Gasteiger partial charge in [-0.25, -0.2) is 4.39 Å². The Kier molecular flexibility index (Phi) is 8.62. The second-order valence-corrected chi connectivity index (χ2v) is 6.13. The largest absolute Gasteiger partial charge is 0.435 e. The van der Waals surface area contributed by atoms with Crippen LogP contribution in [0.4, 0.5) is 13.2 Å². The molecule has 0 spiro atoms. The van der Waals surface area contributed by atoms with E-state index in [1.165, 1.54) is 18.2 Å². The number of hydrogen-bond acceptors (Lipinski definition) is 2. The van der Waals surface area contributed by atoms with Crippen molar-refractivity contribution in [3.63, 3.8) is 0 Å². The molecule has 0 unspecified atom stereocenters. The van der Waals surface area contributed by atoms with Crippen LogP contribution in [0, 0.1) is 5.82 Å². The molecule has 0 radical (unpaired) electrons. The number of aromatic nitrogens is 1. The molecule has 156 valence electrons. The molecule has 9 heteroatoms. The summed E-state index contributed by atoms with van der Waals surface area (Å²) in [5.41, 5.74) is 2.69. The lowest BCUT2D eigenvalue weighted by Crippen LogP contribution is -2.37. The minimum absolute atomic E-state index is 0. The Morgan fingerprint density at radius 1 is 1.17 bits per heavy atom. The zero-order chi connectivity index (χ0) is 19.9. The highest BCUT2D eigenvalue weighted by molar-refractivity contribution is 14.0. The van der Waals surface area contributed by atoms with Gasteiger partial charge in [-0.05, 0) is 47.9 Å². The second kappa shape index (κ2) is 10.9. The number of guanidine groups is 1. The van der Waals surface area contributed by atoms with Crippen LogP contribution in [0.3, 0.4) is 0 Å². The van der Waals surface area contributed by atoms with Gasteiger partial charge in [0.1, 0.15) is 11.6 Å². The number of nitrogens with one attached hydrogen (secondary N) is 3. The van der Waals surface area contributed by atoms with Gasteiger partial charge in [0.2, 0.25) is 0 Å². The number of rotatable bonds is 7. The Morgan fingerprint density at radius 2 is 2.00 bits per heavy atom. The summed E-state index contributed by atoms with van der Waals surface area (Å²) in [4.78, 5) is 7.27. The van der Waals surface area contributed by atoms with Crippen molar-refractivity contribution in [1.82, 2.24) is 15.6 Å². The molecule has 1 heterocycles. The van der Waals surface area contributed by atoms with E-state index in [1.54, 1.807) is 31.3 Å². The Hall–Kier alpha value is -2.43. The predicted octanol–water partition coefficient (Wildman–Crippen LogP) is 4.43. The smallest absolute Gasteiger partial charge is 0.387 e. The first kappa shape index (κ1) is 22.9. The van der Waals surface area contributed by atoms with Crippen molar-refractivity contribution >= 4 is 40.8 Å². The van der Waals surface area contributed by atoms with E-state index < -0.39 is 6.61 Å². The first-order valence-electron chi connectivity index (χ1n) is 8.79. The summed E-state index contributed by atoms with van der Waals surface area (Å²) in [6.07, 6.45) is 2.55. The van der Waals surface area contributed by atoms with Crippen molar-refractivity contribution < 1.29 is 17.9 Å². The SMILES string of the molecule is CN=C(NCCc1c[nH]c2ccc(F)cc12)NCc1cccc(OC(F)F)c1.I. The third kappa shape index (κ3) is 6.55. The minimum atomic E-state index is -2.85. The Balaban J connectivity index is 0.00000300. The third-order valence-corrected chi connectivity index (χ3v) is 4.22. The van der Waals surface area contributed by atoms with Crippen LogP contribution < -0.4 is 15.4 Å². The maximum absolute atomic E-state index is 13.4. The van der Waals surface area contributed by atoms with Gasteiger partial charge in [0.05, 0.1) is 0 Å². The average Bonchev–Trinajstić information content (AvgIpc) is 3.06. The quantitative estimate of drug-likeness (QED) is 0.247. The van der Waals surface area contributed by atoms with E-state index in [2.05, 4.69) is 25.3 Å². The van der Waals surface area contributed by atoms with E-state index in [9.17, 15) is 13.2 Å². The van der Waals surface area contributed by atoms with Crippen LogP contribution in [0.2, 0.25) is 0 Å². The molecular formula is C20H22F3IN4O. The fourth-order valence-electron chi connectivity index (χ4n) is 2.91. The van der Waals surface area contributed by atoms with Crippen molar-refractivity contribution in [2.24, 2.45) is 4.99 Å². The summed E-state index contributed by atoms with van der Waals surface area (Å²) in [6.45, 7) is -1.86. The van der Waals surface area contributed by atoms with E-state index in [0.29, 0.717) is 25.5 Å². The molecule has 2 aromatic carbocycles. The van der Waals surface area contributed by atoms with Crippen LogP contribution >= 0.6 is 24.0 Å². The van der Waals surface area contributed by atoms with Crippen LogP contribution in [-0.2, 0) is 13.0 Å². The van der Waals surface area contributed by atoms with Crippen LogP contribution in [0.1, 0.15) is 11.1 Å². The number of ether oxygens (including phenoxy) is 1. The van der Waals surface area contributed by atoms with Gasteiger partial charge < -0.3 is 20.4 Å². The van der Waals surface area contributed by atoms with Gasteiger partial charge in [-0.15, -0.1) is 24.0 Å². The molecule has 0 saturated carbocycles. The maximum Gasteiger partial charge on any atom is 0.387 e. The fraction of sp³-hybridized carbons (Fsp3) is 0.250. The summed E-state index contributed by atoms with van der Waals surface area (Å²) in [5.74, 6) is 0.423. The van der Waals surface area contributed by atoms with Crippen molar-refractivity contribution in [3.05, 3.63) is 65.6 Å². The molecule has 3 aromatic rings. The monoisotopic (exact) mass is 518 g/mol. The molecular weight excluding hydrogens is 496 g/mol. The van der Waals surface area contributed by atoms with E-state index in [4.69, 9.17) is 0 Å². The molecule has 1 aromatic heterocycles. The van der Waals surface area contributed by atoms with Gasteiger partial charge in [-0.1, -0.05) is 12.1 Å². The molecule has 0 aliphatic rings. The van der Waals surface area contributed by atoms with Crippen molar-refractivity contribution in [2.45, 2.75) is 19.6 Å². The first-order valence-corrected chi connectivity index (χ1v) is 8.79. The minimum Gasteiger partial charge on any atom is -0.435 e. The maximum atomic E-state index is 13.4. The number of H-pyrrole nitrogens is 1. The Morgan fingerprint density at radius 3 is 2.76 bits per heavy atom. The number of nitrogens with zero attached hydrogens (tertiary/aromatic N) is 1. The number of benzene rings is 2. The highest BCUT2D eigenvalue weighted by atomic mass is 127. The first-order chi connectivity index (χ1) is 13.5. The lowest BCUT2D eigenvalue weighted by molar-refractivity contribution is -0.0498. The summed E-state index contributed by atoms with van der Waals surface area (Å²) >= 11 is 0. The Labute approximate surface area is 183 Å². The average molecular weight is 518 g/mol. The molecule has 3 N–H and O–H groups in total. The van der Waals surface area contributed by atoms with E-state index >= 15 is 0 Å². The predicted molar refractivity (Wildman–Crippen MR) is 119 cm³/mol. The third-order valence-electron chi connectivity index (χ3n) is 4.22. The van der Waals surface area contributed by atoms with Crippen molar-refractivity contribution in [2.75, 3.05) is 13.6 Å². The summed E-state index contributed by atoms with van der Waals surface area (Å²) < 4.78 is 42.5. The lowest BCUT2D eigenvalue weighted by atomic mass is 10.1. The molecule has 29 heavy (non-hydrogen) atoms. The molecule has 3 rings (SSSR count). The highest BCUT2D eigenvalue weighted by Gasteiger charge is 2.07. The standard InChI is InChI=1S/C20H21F3N4O.HI/c1-24-20(27-11-13-3-2-4-16(9-13)28-19(22)23)25-8-7-14-12-26-18-6-5-15(21)10-17(14)18;/h2-6,9-10,12,19,26H,7-8,11H2,1H3,(H2,24,25,27);1H. The summed E-state index contributed by atoms with van der Waals surface area (Å²) in [6, 6.07) is 11.1. The van der Waals surface area contributed by atoms with E-state index in [-0.39, 0.29) is 35.5 Å². The van der Waals surface area contributed by atoms with Gasteiger partial charge in [0, 0.05) is 37.2 Å². The second-order valence-electron chi connectivity index (χ2n) is 6.13. The van der Waals surface area contributed by atoms with Crippen molar-refractivity contribution in [3.8, 4) is 5.75 Å². The van der Waals surface area contributed by atoms with Crippen LogP contribution in [0.5, 0.6) is 5.75 Å². The van der Waals surface area contributed by atoms with Gasteiger partial charge >= 0.3 is 6.61 Å². The molecule has 0 saturated heterocycles. The zero-order valence-corrected chi connectivity index (χ0v) is 18.0. The number of hydrogen-bond donors (Lipinski definition) is 3. The molecule has 0 fully saturated rings. The highest BCUT2D eigenvalue weighted by Crippen LogP contribution is 2.19. The number of halogens is 4. The Bertz CT molecular complexity index is 962. The van der Waals surface area contributed by atoms with Gasteiger partial charge in [-0.3, -0.25) is 4.99 Å². The van der Waals surface area contributed by atoms with Gasteiger partial charge in [-0.2, -0.15) is 8.78 Å². The lowest BCUT2D eigenvalue weighted by Gasteiger charge is -2.12. The molecule has 0 aliphatic carbocycles. The van der Waals surface area contributed by atoms with E-state index in [0.717, 1.165) is 22.0 Å². The van der Waals surface area contributed by atoms with Gasteiger partial charge in [0.15, 0.2) is 5.96 Å². The summed E-state index contributed by atoms with van der Waals surface area (Å²) in [7, 11) is 1.65. The fourth-order valence-corrected chi connectivity index (χ4v) is 2.91. The molecule has 0 bridgehead atoms. The molecule has 5 nitrogen and oxygen atoms in total. The normalized spacial score (nSPS) is 11.4. The number of fused-ring (bicyclic) bond motifs is 1. The van der Waals surface area contributed by atoms with Crippen molar-refractivity contribution in [1.29, 1.82) is 0 Å². The van der Waals surface area contributed by atoms with Crippen LogP contribution in [0.25, 0.3) is 10.9 Å². The molecule has 0 amide bonds. The molecule has 0 atom stereocenters. The zero-order valence-electron chi connectivity index (χ0n) is 15.7. The van der Waals surface area contributed by atoms with Crippen LogP contribution in [0.15, 0.2) is 53.7 Å². The number of alkyl halides is 2. The molecule has 0 aliphatic heterocycles. The topological polar surface area (TPSA) is 61.4 Å².